The molecule has 2 aliphatic rings. The Labute approximate surface area is 126 Å². The summed E-state index contributed by atoms with van der Waals surface area (Å²) in [7, 11) is 0. The minimum atomic E-state index is -0.157. The predicted molar refractivity (Wildman–Crippen MR) is 75.5 cm³/mol. The first kappa shape index (κ1) is 14.1. The van der Waals surface area contributed by atoms with Crippen molar-refractivity contribution >= 4 is 21.8 Å². The standard InChI is InChI=1S/C14H18BrNO4/c1-9-7-11(15)20-12(9)13(17)16-4-2-3-10(8-16)14-18-5-6-19-14/h7,10,14H,2-6,8H2,1H3. The second-order valence-electron chi connectivity index (χ2n) is 5.33. The molecule has 0 bridgehead atoms. The number of halogens is 1. The zero-order valence-electron chi connectivity index (χ0n) is 11.4. The first-order valence-electron chi connectivity index (χ1n) is 6.93. The molecule has 3 rings (SSSR count). The van der Waals surface area contributed by atoms with Crippen molar-refractivity contribution < 1.29 is 18.7 Å². The number of hydrogen-bond acceptors (Lipinski definition) is 4. The highest BCUT2D eigenvalue weighted by atomic mass is 79.9. The molecule has 110 valence electrons. The van der Waals surface area contributed by atoms with Crippen molar-refractivity contribution in [3.8, 4) is 0 Å². The van der Waals surface area contributed by atoms with E-state index in [1.165, 1.54) is 0 Å². The molecule has 2 aliphatic heterocycles. The second-order valence-corrected chi connectivity index (χ2v) is 6.11. The van der Waals surface area contributed by atoms with Gasteiger partial charge in [0.05, 0.1) is 13.2 Å². The lowest BCUT2D eigenvalue weighted by atomic mass is 9.97. The van der Waals surface area contributed by atoms with Crippen molar-refractivity contribution in [3.63, 3.8) is 0 Å². The maximum absolute atomic E-state index is 12.5. The number of furan rings is 1. The van der Waals surface area contributed by atoms with E-state index in [0.717, 1.165) is 24.9 Å². The Hall–Kier alpha value is -0.850. The fourth-order valence-electron chi connectivity index (χ4n) is 2.86. The van der Waals surface area contributed by atoms with Gasteiger partial charge in [0.15, 0.2) is 16.7 Å². The van der Waals surface area contributed by atoms with Crippen LogP contribution in [0.25, 0.3) is 0 Å². The van der Waals surface area contributed by atoms with Crippen molar-refractivity contribution in [2.24, 2.45) is 5.92 Å². The molecule has 1 amide bonds. The number of piperidine rings is 1. The summed E-state index contributed by atoms with van der Waals surface area (Å²) in [6.45, 7) is 4.62. The van der Waals surface area contributed by atoms with Crippen LogP contribution in [0.4, 0.5) is 0 Å². The molecule has 6 heteroatoms. The number of carbonyl (C=O) groups is 1. The highest BCUT2D eigenvalue weighted by molar-refractivity contribution is 9.10. The minimum Gasteiger partial charge on any atom is -0.444 e. The zero-order chi connectivity index (χ0) is 14.1. The molecule has 0 aromatic carbocycles. The topological polar surface area (TPSA) is 51.9 Å². The highest BCUT2D eigenvalue weighted by Crippen LogP contribution is 2.27. The van der Waals surface area contributed by atoms with E-state index in [-0.39, 0.29) is 18.1 Å². The van der Waals surface area contributed by atoms with E-state index >= 15 is 0 Å². The maximum atomic E-state index is 12.5. The molecule has 5 nitrogen and oxygen atoms in total. The Morgan fingerprint density at radius 1 is 1.40 bits per heavy atom. The van der Waals surface area contributed by atoms with E-state index in [1.54, 1.807) is 0 Å². The van der Waals surface area contributed by atoms with Gasteiger partial charge in [-0.1, -0.05) is 0 Å². The quantitative estimate of drug-likeness (QED) is 0.828. The minimum absolute atomic E-state index is 0.0455. The van der Waals surface area contributed by atoms with E-state index in [4.69, 9.17) is 13.9 Å². The molecule has 1 aromatic rings. The molecule has 1 aromatic heterocycles. The van der Waals surface area contributed by atoms with Gasteiger partial charge in [-0.3, -0.25) is 4.79 Å². The zero-order valence-corrected chi connectivity index (χ0v) is 13.0. The summed E-state index contributed by atoms with van der Waals surface area (Å²) < 4.78 is 17.2. The van der Waals surface area contributed by atoms with Gasteiger partial charge < -0.3 is 18.8 Å². The summed E-state index contributed by atoms with van der Waals surface area (Å²) >= 11 is 3.26. The van der Waals surface area contributed by atoms with Crippen LogP contribution in [0.3, 0.4) is 0 Å². The lowest BCUT2D eigenvalue weighted by Gasteiger charge is -2.34. The van der Waals surface area contributed by atoms with Gasteiger partial charge in [-0.2, -0.15) is 0 Å². The van der Waals surface area contributed by atoms with Gasteiger partial charge in [-0.25, -0.2) is 0 Å². The van der Waals surface area contributed by atoms with Gasteiger partial charge in [-0.15, -0.1) is 0 Å². The lowest BCUT2D eigenvalue weighted by molar-refractivity contribution is -0.0970. The molecule has 0 saturated carbocycles. The molecule has 20 heavy (non-hydrogen) atoms. The summed E-state index contributed by atoms with van der Waals surface area (Å²) in [4.78, 5) is 14.4. The molecule has 3 heterocycles. The average Bonchev–Trinajstić information content (AvgIpc) is 3.08. The van der Waals surface area contributed by atoms with Crippen LogP contribution in [-0.2, 0) is 9.47 Å². The van der Waals surface area contributed by atoms with E-state index in [9.17, 15) is 4.79 Å². The molecule has 0 radical (unpaired) electrons. The Morgan fingerprint density at radius 2 is 2.15 bits per heavy atom. The molecule has 1 atom stereocenters. The van der Waals surface area contributed by atoms with Crippen molar-refractivity contribution in [1.29, 1.82) is 0 Å². The third kappa shape index (κ3) is 2.77. The third-order valence-electron chi connectivity index (χ3n) is 3.86. The Kier molecular flexibility index (Phi) is 4.14. The molecular weight excluding hydrogens is 326 g/mol. The number of aryl methyl sites for hydroxylation is 1. The van der Waals surface area contributed by atoms with Gasteiger partial charge in [-0.05, 0) is 41.8 Å². The van der Waals surface area contributed by atoms with E-state index in [0.29, 0.717) is 30.2 Å². The molecule has 0 N–H and O–H groups in total. The Bertz CT molecular complexity index is 495. The number of hydrogen-bond donors (Lipinski definition) is 0. The number of likely N-dealkylation sites (tertiary alicyclic amines) is 1. The van der Waals surface area contributed by atoms with Crippen LogP contribution < -0.4 is 0 Å². The molecule has 2 saturated heterocycles. The molecule has 0 aliphatic carbocycles. The van der Waals surface area contributed by atoms with Gasteiger partial charge in [0.1, 0.15) is 0 Å². The van der Waals surface area contributed by atoms with Crippen LogP contribution in [0, 0.1) is 12.8 Å². The van der Waals surface area contributed by atoms with Crippen molar-refractivity contribution in [2.75, 3.05) is 26.3 Å². The molecule has 0 spiro atoms. The second kappa shape index (κ2) is 5.87. The highest BCUT2D eigenvalue weighted by Gasteiger charge is 2.34. The number of carbonyl (C=O) groups excluding carboxylic acids is 1. The first-order valence-corrected chi connectivity index (χ1v) is 7.73. The van der Waals surface area contributed by atoms with Crippen molar-refractivity contribution in [2.45, 2.75) is 26.1 Å². The fourth-order valence-corrected chi connectivity index (χ4v) is 3.37. The Morgan fingerprint density at radius 3 is 2.80 bits per heavy atom. The van der Waals surface area contributed by atoms with Crippen molar-refractivity contribution in [1.82, 2.24) is 4.90 Å². The summed E-state index contributed by atoms with van der Waals surface area (Å²) in [6, 6.07) is 1.82. The fraction of sp³-hybridized carbons (Fsp3) is 0.643. The normalized spacial score (nSPS) is 24.3. The average molecular weight is 344 g/mol. The van der Waals surface area contributed by atoms with Crippen molar-refractivity contribution in [3.05, 3.63) is 22.1 Å². The van der Waals surface area contributed by atoms with Crippen LogP contribution in [-0.4, -0.2) is 43.4 Å². The largest absolute Gasteiger partial charge is 0.444 e. The summed E-state index contributed by atoms with van der Waals surface area (Å²) in [5, 5.41) is 0. The Balaban J connectivity index is 1.70. The maximum Gasteiger partial charge on any atom is 0.289 e. The third-order valence-corrected chi connectivity index (χ3v) is 4.25. The number of amides is 1. The summed E-state index contributed by atoms with van der Waals surface area (Å²) in [5.41, 5.74) is 0.859. The number of ether oxygens (including phenoxy) is 2. The van der Waals surface area contributed by atoms with Gasteiger partial charge >= 0.3 is 0 Å². The summed E-state index contributed by atoms with van der Waals surface area (Å²) in [6.07, 6.45) is 1.85. The van der Waals surface area contributed by atoms with Crippen LogP contribution in [0.2, 0.25) is 0 Å². The van der Waals surface area contributed by atoms with Crippen LogP contribution >= 0.6 is 15.9 Å². The SMILES string of the molecule is Cc1cc(Br)oc1C(=O)N1CCCC(C2OCCO2)C1. The molecular formula is C14H18BrNO4. The van der Waals surface area contributed by atoms with Crippen LogP contribution in [0.1, 0.15) is 29.0 Å². The van der Waals surface area contributed by atoms with Gasteiger partial charge in [0.25, 0.3) is 5.91 Å². The molecule has 2 fully saturated rings. The monoisotopic (exact) mass is 343 g/mol. The lowest BCUT2D eigenvalue weighted by Crippen LogP contribution is -2.43. The predicted octanol–water partition coefficient (Wildman–Crippen LogP) is 2.58. The van der Waals surface area contributed by atoms with E-state index in [2.05, 4.69) is 15.9 Å². The van der Waals surface area contributed by atoms with Gasteiger partial charge in [0, 0.05) is 24.6 Å². The smallest absolute Gasteiger partial charge is 0.289 e. The number of nitrogens with zero attached hydrogens (tertiary/aromatic N) is 1. The number of rotatable bonds is 2. The van der Waals surface area contributed by atoms with Crippen LogP contribution in [0.15, 0.2) is 15.2 Å². The van der Waals surface area contributed by atoms with E-state index < -0.39 is 0 Å². The summed E-state index contributed by atoms with van der Waals surface area (Å²) in [5.74, 6) is 0.635. The van der Waals surface area contributed by atoms with Gasteiger partial charge in [0.2, 0.25) is 0 Å². The molecule has 1 unspecified atom stereocenters. The van der Waals surface area contributed by atoms with E-state index in [1.807, 2.05) is 17.9 Å². The first-order chi connectivity index (χ1) is 9.65. The van der Waals surface area contributed by atoms with Crippen LogP contribution in [0.5, 0.6) is 0 Å².